The monoisotopic (exact) mass is 174 g/mol. The number of nitrogens with zero attached hydrogens (tertiary/aromatic N) is 3. The van der Waals surface area contributed by atoms with E-state index in [0.717, 1.165) is 5.56 Å². The summed E-state index contributed by atoms with van der Waals surface area (Å²) in [6.07, 6.45) is 1.68. The van der Waals surface area contributed by atoms with Crippen LogP contribution in [0.25, 0.3) is 0 Å². The van der Waals surface area contributed by atoms with Gasteiger partial charge in [0.25, 0.3) is 0 Å². The van der Waals surface area contributed by atoms with Crippen LogP contribution in [0.3, 0.4) is 0 Å². The van der Waals surface area contributed by atoms with Crippen molar-refractivity contribution in [2.24, 2.45) is 21.2 Å². The molecule has 1 heterocycles. The molecule has 0 saturated heterocycles. The molecule has 4 nitrogen and oxygen atoms in total. The summed E-state index contributed by atoms with van der Waals surface area (Å²) in [7, 11) is 0. The Morgan fingerprint density at radius 1 is 1.23 bits per heavy atom. The third-order valence-electron chi connectivity index (χ3n) is 2.13. The van der Waals surface area contributed by atoms with Crippen LogP contribution in [0.5, 0.6) is 0 Å². The fraction of sp³-hybridized carbons (Fsp3) is 0.222. The van der Waals surface area contributed by atoms with Crippen molar-refractivity contribution in [3.8, 4) is 0 Å². The Morgan fingerprint density at radius 2 is 2.00 bits per heavy atom. The van der Waals surface area contributed by atoms with Gasteiger partial charge in [-0.25, -0.2) is 0 Å². The van der Waals surface area contributed by atoms with E-state index in [4.69, 9.17) is 5.73 Å². The molecule has 0 radical (unpaired) electrons. The molecule has 4 heteroatoms. The van der Waals surface area contributed by atoms with Gasteiger partial charge in [0.05, 0.1) is 6.21 Å². The van der Waals surface area contributed by atoms with Crippen LogP contribution in [0.4, 0.5) is 0 Å². The van der Waals surface area contributed by atoms with Gasteiger partial charge >= 0.3 is 0 Å². The maximum atomic E-state index is 5.66. The number of hydrogen-bond acceptors (Lipinski definition) is 4. The summed E-state index contributed by atoms with van der Waals surface area (Å²) in [6.45, 7) is 0.393. The highest BCUT2D eigenvalue weighted by Crippen LogP contribution is 2.26. The smallest absolute Gasteiger partial charge is 0.157 e. The van der Waals surface area contributed by atoms with Gasteiger partial charge in [0.2, 0.25) is 0 Å². The van der Waals surface area contributed by atoms with Gasteiger partial charge in [-0.05, 0) is 10.8 Å². The number of nitrogens with two attached hydrogens (primary N) is 1. The summed E-state index contributed by atoms with van der Waals surface area (Å²) in [5.74, 6) is 0. The molecular weight excluding hydrogens is 164 g/mol. The Hall–Kier alpha value is -1.55. The van der Waals surface area contributed by atoms with Gasteiger partial charge in [0, 0.05) is 6.54 Å². The maximum absolute atomic E-state index is 5.66. The van der Waals surface area contributed by atoms with Crippen molar-refractivity contribution < 1.29 is 0 Å². The quantitative estimate of drug-likeness (QED) is 0.721. The fourth-order valence-electron chi connectivity index (χ4n) is 1.32. The number of benzene rings is 1. The summed E-state index contributed by atoms with van der Waals surface area (Å²) in [4.78, 5) is 0. The van der Waals surface area contributed by atoms with Crippen molar-refractivity contribution >= 4 is 6.21 Å². The van der Waals surface area contributed by atoms with Gasteiger partial charge < -0.3 is 5.73 Å². The third kappa shape index (κ3) is 1.25. The highest BCUT2D eigenvalue weighted by Gasteiger charge is 2.31. The van der Waals surface area contributed by atoms with Gasteiger partial charge in [-0.1, -0.05) is 30.3 Å². The second kappa shape index (κ2) is 3.06. The highest BCUT2D eigenvalue weighted by atomic mass is 15.4. The highest BCUT2D eigenvalue weighted by molar-refractivity contribution is 5.74. The number of rotatable bonds is 2. The minimum Gasteiger partial charge on any atom is -0.327 e. The zero-order chi connectivity index (χ0) is 9.15. The molecule has 1 aliphatic heterocycles. The zero-order valence-electron chi connectivity index (χ0n) is 7.09. The van der Waals surface area contributed by atoms with Gasteiger partial charge in [-0.15, -0.1) is 5.10 Å². The van der Waals surface area contributed by atoms with Crippen LogP contribution in [0, 0.1) is 0 Å². The Labute approximate surface area is 76.2 Å². The second-order valence-corrected chi connectivity index (χ2v) is 2.93. The molecular formula is C9H10N4. The average Bonchev–Trinajstić information content (AvgIpc) is 2.69. The van der Waals surface area contributed by atoms with E-state index in [2.05, 4.69) is 15.4 Å². The molecule has 0 saturated carbocycles. The molecule has 0 fully saturated rings. The summed E-state index contributed by atoms with van der Waals surface area (Å²) < 4.78 is 0. The van der Waals surface area contributed by atoms with Gasteiger partial charge in [0.15, 0.2) is 5.54 Å². The molecule has 0 spiro atoms. The first-order chi connectivity index (χ1) is 6.37. The first-order valence-electron chi connectivity index (χ1n) is 4.09. The molecule has 0 aromatic heterocycles. The van der Waals surface area contributed by atoms with E-state index in [1.54, 1.807) is 6.21 Å². The minimum absolute atomic E-state index is 0.393. The molecule has 0 aliphatic carbocycles. The van der Waals surface area contributed by atoms with E-state index in [1.807, 2.05) is 30.3 Å². The lowest BCUT2D eigenvalue weighted by Gasteiger charge is -2.18. The first-order valence-corrected chi connectivity index (χ1v) is 4.09. The Balaban J connectivity index is 2.44. The SMILES string of the molecule is NCC1(c2ccccc2)C=NN=N1. The van der Waals surface area contributed by atoms with Crippen LogP contribution < -0.4 is 5.73 Å². The summed E-state index contributed by atoms with van der Waals surface area (Å²) >= 11 is 0. The van der Waals surface area contributed by atoms with E-state index < -0.39 is 5.54 Å². The fourth-order valence-corrected chi connectivity index (χ4v) is 1.32. The van der Waals surface area contributed by atoms with Crippen LogP contribution in [-0.2, 0) is 5.54 Å². The predicted molar refractivity (Wildman–Crippen MR) is 50.5 cm³/mol. The van der Waals surface area contributed by atoms with Crippen molar-refractivity contribution in [2.75, 3.05) is 6.54 Å². The molecule has 2 rings (SSSR count). The zero-order valence-corrected chi connectivity index (χ0v) is 7.09. The van der Waals surface area contributed by atoms with Gasteiger partial charge in [-0.3, -0.25) is 0 Å². The molecule has 1 aromatic rings. The first kappa shape index (κ1) is 8.07. The van der Waals surface area contributed by atoms with Crippen molar-refractivity contribution in [2.45, 2.75) is 5.54 Å². The maximum Gasteiger partial charge on any atom is 0.157 e. The van der Waals surface area contributed by atoms with Crippen molar-refractivity contribution in [3.63, 3.8) is 0 Å². The van der Waals surface area contributed by atoms with E-state index in [1.165, 1.54) is 0 Å². The van der Waals surface area contributed by atoms with Crippen molar-refractivity contribution in [1.29, 1.82) is 0 Å². The van der Waals surface area contributed by atoms with Crippen molar-refractivity contribution in [1.82, 2.24) is 0 Å². The Bertz CT molecular complexity index is 330. The van der Waals surface area contributed by atoms with Gasteiger partial charge in [-0.2, -0.15) is 5.11 Å². The summed E-state index contributed by atoms with van der Waals surface area (Å²) in [6, 6.07) is 9.81. The molecule has 0 amide bonds. The normalized spacial score (nSPS) is 25.3. The van der Waals surface area contributed by atoms with E-state index in [0.29, 0.717) is 6.54 Å². The van der Waals surface area contributed by atoms with Crippen LogP contribution in [0.1, 0.15) is 5.56 Å². The number of hydrogen-bond donors (Lipinski definition) is 1. The topological polar surface area (TPSA) is 63.1 Å². The lowest BCUT2D eigenvalue weighted by Crippen LogP contribution is -2.32. The Kier molecular flexibility index (Phi) is 1.90. The molecule has 1 aliphatic rings. The van der Waals surface area contributed by atoms with E-state index in [-0.39, 0.29) is 0 Å². The predicted octanol–water partition coefficient (Wildman–Crippen LogP) is 1.29. The molecule has 13 heavy (non-hydrogen) atoms. The lowest BCUT2D eigenvalue weighted by molar-refractivity contribution is 0.614. The largest absolute Gasteiger partial charge is 0.327 e. The molecule has 1 unspecified atom stereocenters. The molecule has 0 bridgehead atoms. The third-order valence-corrected chi connectivity index (χ3v) is 2.13. The van der Waals surface area contributed by atoms with Crippen molar-refractivity contribution in [3.05, 3.63) is 35.9 Å². The molecule has 1 atom stereocenters. The van der Waals surface area contributed by atoms with Gasteiger partial charge in [0.1, 0.15) is 0 Å². The second-order valence-electron chi connectivity index (χ2n) is 2.93. The van der Waals surface area contributed by atoms with Crippen LogP contribution in [-0.4, -0.2) is 12.8 Å². The average molecular weight is 174 g/mol. The summed E-state index contributed by atoms with van der Waals surface area (Å²) in [5, 5.41) is 11.4. The minimum atomic E-state index is -0.527. The lowest BCUT2D eigenvalue weighted by atomic mass is 9.93. The molecule has 66 valence electrons. The van der Waals surface area contributed by atoms with E-state index in [9.17, 15) is 0 Å². The standard InChI is InChI=1S/C9H10N4/c10-6-9(7-11-13-12-9)8-4-2-1-3-5-8/h1-5,7H,6,10H2. The molecule has 2 N–H and O–H groups in total. The Morgan fingerprint density at radius 3 is 2.54 bits per heavy atom. The van der Waals surface area contributed by atoms with Crippen LogP contribution >= 0.6 is 0 Å². The summed E-state index contributed by atoms with van der Waals surface area (Å²) in [5.41, 5.74) is 6.16. The molecule has 1 aromatic carbocycles. The van der Waals surface area contributed by atoms with Crippen LogP contribution in [0.15, 0.2) is 45.8 Å². The van der Waals surface area contributed by atoms with Crippen LogP contribution in [0.2, 0.25) is 0 Å². The van der Waals surface area contributed by atoms with E-state index >= 15 is 0 Å².